The number of benzene rings is 1. The predicted octanol–water partition coefficient (Wildman–Crippen LogP) is 3.35. The van der Waals surface area contributed by atoms with E-state index in [9.17, 15) is 13.6 Å². The van der Waals surface area contributed by atoms with Gasteiger partial charge in [-0.2, -0.15) is 8.78 Å². The van der Waals surface area contributed by atoms with Crippen molar-refractivity contribution in [2.45, 2.75) is 17.3 Å². The van der Waals surface area contributed by atoms with Crippen molar-refractivity contribution in [2.24, 2.45) is 0 Å². The zero-order valence-corrected chi connectivity index (χ0v) is 15.2. The van der Waals surface area contributed by atoms with E-state index in [1.807, 2.05) is 0 Å². The van der Waals surface area contributed by atoms with Crippen LogP contribution in [0.1, 0.15) is 15.9 Å². The summed E-state index contributed by atoms with van der Waals surface area (Å²) in [6.45, 7) is 0.142. The summed E-state index contributed by atoms with van der Waals surface area (Å²) < 4.78 is 41.0. The van der Waals surface area contributed by atoms with Crippen LogP contribution >= 0.6 is 11.8 Å². The number of hydrogen-bond acceptors (Lipinski definition) is 6. The molecule has 0 bridgehead atoms. The molecule has 0 atom stereocenters. The number of halogens is 2. The fourth-order valence-electron chi connectivity index (χ4n) is 2.26. The van der Waals surface area contributed by atoms with Crippen LogP contribution in [0, 0.1) is 0 Å². The number of hydrogen-bond donors (Lipinski definition) is 1. The summed E-state index contributed by atoms with van der Waals surface area (Å²) >= 11 is 0.230. The van der Waals surface area contributed by atoms with Gasteiger partial charge in [0.25, 0.3) is 11.7 Å². The minimum atomic E-state index is -2.66. The van der Waals surface area contributed by atoms with Crippen LogP contribution in [0.2, 0.25) is 0 Å². The maximum atomic E-state index is 12.6. The van der Waals surface area contributed by atoms with E-state index in [2.05, 4.69) is 10.3 Å². The van der Waals surface area contributed by atoms with Crippen LogP contribution in [0.5, 0.6) is 17.2 Å². The molecule has 1 aromatic carbocycles. The number of carbonyl (C=O) groups excluding carboxylic acids is 1. The predicted molar refractivity (Wildman–Crippen MR) is 93.4 cm³/mol. The SMILES string of the molecule is COc1cc(CNC(=O)c2cccnc2SC(F)F)cc(OC)c1OC. The maximum absolute atomic E-state index is 12.6. The summed E-state index contributed by atoms with van der Waals surface area (Å²) in [5, 5.41) is 2.66. The quantitative estimate of drug-likeness (QED) is 0.704. The van der Waals surface area contributed by atoms with Gasteiger partial charge in [0.15, 0.2) is 11.5 Å². The highest BCUT2D eigenvalue weighted by Crippen LogP contribution is 2.38. The molecule has 2 rings (SSSR count). The second kappa shape index (κ2) is 9.23. The number of nitrogens with one attached hydrogen (secondary N) is 1. The standard InChI is InChI=1S/C17H18F2N2O4S/c1-23-12-7-10(8-13(24-2)14(12)25-3)9-21-15(22)11-5-4-6-20-16(11)26-17(18)19/h4-8,17H,9H2,1-3H3,(H,21,22). The van der Waals surface area contributed by atoms with E-state index >= 15 is 0 Å². The molecule has 1 amide bonds. The Morgan fingerprint density at radius 2 is 1.85 bits per heavy atom. The lowest BCUT2D eigenvalue weighted by Crippen LogP contribution is -2.23. The van der Waals surface area contributed by atoms with Gasteiger partial charge in [-0.15, -0.1) is 0 Å². The summed E-state index contributed by atoms with van der Waals surface area (Å²) in [7, 11) is 4.47. The Morgan fingerprint density at radius 3 is 2.38 bits per heavy atom. The molecule has 0 unspecified atom stereocenters. The van der Waals surface area contributed by atoms with E-state index in [-0.39, 0.29) is 28.9 Å². The van der Waals surface area contributed by atoms with E-state index in [0.717, 1.165) is 0 Å². The Bertz CT molecular complexity index is 749. The average molecular weight is 384 g/mol. The summed E-state index contributed by atoms with van der Waals surface area (Å²) in [5.74, 6) is -1.83. The molecule has 9 heteroatoms. The Balaban J connectivity index is 2.18. The molecule has 0 saturated carbocycles. The third kappa shape index (κ3) is 4.75. The fraction of sp³-hybridized carbons (Fsp3) is 0.294. The zero-order chi connectivity index (χ0) is 19.1. The number of alkyl halides is 2. The first-order chi connectivity index (χ1) is 12.5. The van der Waals surface area contributed by atoms with Gasteiger partial charge in [-0.1, -0.05) is 0 Å². The van der Waals surface area contributed by atoms with Gasteiger partial charge in [-0.25, -0.2) is 4.98 Å². The van der Waals surface area contributed by atoms with Crippen LogP contribution in [0.3, 0.4) is 0 Å². The Kier molecular flexibility index (Phi) is 7.02. The van der Waals surface area contributed by atoms with Crippen LogP contribution < -0.4 is 19.5 Å². The van der Waals surface area contributed by atoms with Gasteiger partial charge in [-0.3, -0.25) is 4.79 Å². The van der Waals surface area contributed by atoms with Gasteiger partial charge in [0, 0.05) is 12.7 Å². The van der Waals surface area contributed by atoms with E-state index in [0.29, 0.717) is 22.8 Å². The van der Waals surface area contributed by atoms with Crippen molar-refractivity contribution in [3.05, 3.63) is 41.6 Å². The fourth-order valence-corrected chi connectivity index (χ4v) is 2.84. The summed E-state index contributed by atoms with van der Waals surface area (Å²) in [5.41, 5.74) is 0.782. The molecule has 0 aliphatic rings. The molecule has 6 nitrogen and oxygen atoms in total. The topological polar surface area (TPSA) is 69.7 Å². The van der Waals surface area contributed by atoms with Crippen LogP contribution in [0.4, 0.5) is 8.78 Å². The molecule has 26 heavy (non-hydrogen) atoms. The number of amides is 1. The van der Waals surface area contributed by atoms with Gasteiger partial charge in [0.1, 0.15) is 5.03 Å². The van der Waals surface area contributed by atoms with Crippen LogP contribution in [0.25, 0.3) is 0 Å². The van der Waals surface area contributed by atoms with E-state index in [1.165, 1.54) is 39.7 Å². The molecule has 0 radical (unpaired) electrons. The molecule has 1 heterocycles. The first-order valence-corrected chi connectivity index (χ1v) is 8.35. The van der Waals surface area contributed by atoms with Gasteiger partial charge >= 0.3 is 0 Å². The Labute approximate surface area is 153 Å². The number of nitrogens with zero attached hydrogens (tertiary/aromatic N) is 1. The summed E-state index contributed by atoms with van der Waals surface area (Å²) in [6.07, 6.45) is 1.36. The molecule has 2 aromatic rings. The molecule has 0 spiro atoms. The number of ether oxygens (including phenoxy) is 3. The van der Waals surface area contributed by atoms with Crippen molar-refractivity contribution in [3.63, 3.8) is 0 Å². The Morgan fingerprint density at radius 1 is 1.19 bits per heavy atom. The monoisotopic (exact) mass is 384 g/mol. The smallest absolute Gasteiger partial charge is 0.290 e. The minimum Gasteiger partial charge on any atom is -0.493 e. The van der Waals surface area contributed by atoms with Crippen LogP contribution in [-0.4, -0.2) is 38.0 Å². The Hall–Kier alpha value is -2.55. The highest BCUT2D eigenvalue weighted by atomic mass is 32.2. The van der Waals surface area contributed by atoms with Crippen molar-refractivity contribution < 1.29 is 27.8 Å². The van der Waals surface area contributed by atoms with Crippen molar-refractivity contribution in [2.75, 3.05) is 21.3 Å². The average Bonchev–Trinajstić information content (AvgIpc) is 2.65. The molecular formula is C17H18F2N2O4S. The van der Waals surface area contributed by atoms with Crippen molar-refractivity contribution >= 4 is 17.7 Å². The number of carbonyl (C=O) groups is 1. The second-order valence-electron chi connectivity index (χ2n) is 4.95. The van der Waals surface area contributed by atoms with Gasteiger partial charge < -0.3 is 19.5 Å². The summed E-state index contributed by atoms with van der Waals surface area (Å²) in [4.78, 5) is 16.2. The van der Waals surface area contributed by atoms with E-state index in [4.69, 9.17) is 14.2 Å². The second-order valence-corrected chi connectivity index (χ2v) is 5.93. The lowest BCUT2D eigenvalue weighted by atomic mass is 10.1. The molecular weight excluding hydrogens is 366 g/mol. The largest absolute Gasteiger partial charge is 0.493 e. The molecule has 1 N–H and O–H groups in total. The van der Waals surface area contributed by atoms with E-state index < -0.39 is 11.7 Å². The molecule has 0 aliphatic carbocycles. The molecule has 0 aliphatic heterocycles. The van der Waals surface area contributed by atoms with Gasteiger partial charge in [0.05, 0.1) is 26.9 Å². The highest BCUT2D eigenvalue weighted by Gasteiger charge is 2.17. The number of thioether (sulfide) groups is 1. The lowest BCUT2D eigenvalue weighted by molar-refractivity contribution is 0.0947. The highest BCUT2D eigenvalue weighted by molar-refractivity contribution is 7.99. The van der Waals surface area contributed by atoms with Crippen molar-refractivity contribution in [3.8, 4) is 17.2 Å². The van der Waals surface area contributed by atoms with E-state index in [1.54, 1.807) is 12.1 Å². The maximum Gasteiger partial charge on any atom is 0.290 e. The van der Waals surface area contributed by atoms with Gasteiger partial charge in [0.2, 0.25) is 5.75 Å². The number of pyridine rings is 1. The number of methoxy groups -OCH3 is 3. The third-order valence-electron chi connectivity index (χ3n) is 3.39. The molecule has 1 aromatic heterocycles. The minimum absolute atomic E-state index is 0.0232. The van der Waals surface area contributed by atoms with Crippen LogP contribution in [0.15, 0.2) is 35.5 Å². The zero-order valence-electron chi connectivity index (χ0n) is 14.4. The summed E-state index contributed by atoms with van der Waals surface area (Å²) in [6, 6.07) is 6.35. The first-order valence-electron chi connectivity index (χ1n) is 7.47. The molecule has 0 saturated heterocycles. The molecule has 140 valence electrons. The van der Waals surface area contributed by atoms with Gasteiger partial charge in [-0.05, 0) is 41.6 Å². The van der Waals surface area contributed by atoms with Crippen LogP contribution in [-0.2, 0) is 6.54 Å². The first kappa shape index (κ1) is 19.8. The van der Waals surface area contributed by atoms with Crippen molar-refractivity contribution in [1.29, 1.82) is 0 Å². The number of rotatable bonds is 8. The lowest BCUT2D eigenvalue weighted by Gasteiger charge is -2.14. The normalized spacial score (nSPS) is 10.5. The third-order valence-corrected chi connectivity index (χ3v) is 4.12. The molecule has 0 fully saturated rings. The van der Waals surface area contributed by atoms with Crippen molar-refractivity contribution in [1.82, 2.24) is 10.3 Å². The number of aromatic nitrogens is 1.